The predicted molar refractivity (Wildman–Crippen MR) is 153 cm³/mol. The molecule has 240 valence electrons. The number of amides is 1. The van der Waals surface area contributed by atoms with Crippen molar-refractivity contribution in [2.75, 3.05) is 41.6 Å². The topological polar surface area (TPSA) is 130 Å². The summed E-state index contributed by atoms with van der Waals surface area (Å²) in [5.74, 6) is -2.66. The minimum atomic E-state index is -1.57. The Morgan fingerprint density at radius 1 is 1.02 bits per heavy atom. The van der Waals surface area contributed by atoms with Gasteiger partial charge in [-0.3, -0.25) is 9.59 Å². The van der Waals surface area contributed by atoms with Gasteiger partial charge in [-0.15, -0.1) is 0 Å². The van der Waals surface area contributed by atoms with E-state index in [1.807, 2.05) is 11.0 Å². The number of aliphatic hydroxyl groups is 1. The zero-order chi connectivity index (χ0) is 31.2. The summed E-state index contributed by atoms with van der Waals surface area (Å²) < 4.78 is 37.6. The lowest BCUT2D eigenvalue weighted by atomic mass is 9.43. The summed E-state index contributed by atoms with van der Waals surface area (Å²) in [6, 6.07) is 8.26. The van der Waals surface area contributed by atoms with Crippen molar-refractivity contribution in [1.29, 1.82) is 0 Å². The van der Waals surface area contributed by atoms with E-state index >= 15 is 0 Å². The first kappa shape index (κ1) is 30.1. The van der Waals surface area contributed by atoms with Gasteiger partial charge in [0.25, 0.3) is 0 Å². The summed E-state index contributed by atoms with van der Waals surface area (Å²) in [5, 5.41) is 12.7. The number of carbonyl (C=O) groups excluding carboxylic acids is 3. The van der Waals surface area contributed by atoms with E-state index in [0.717, 1.165) is 19.3 Å². The van der Waals surface area contributed by atoms with E-state index in [0.29, 0.717) is 18.7 Å². The number of hydrogen-bond acceptors (Lipinski definition) is 10. The minimum absolute atomic E-state index is 0.137. The first-order valence-corrected chi connectivity index (χ1v) is 15.6. The molecule has 0 aromatic heterocycles. The summed E-state index contributed by atoms with van der Waals surface area (Å²) in [6.07, 6.45) is 0.195. The van der Waals surface area contributed by atoms with Crippen LogP contribution < -0.4 is 0 Å². The van der Waals surface area contributed by atoms with Gasteiger partial charge in [0.1, 0.15) is 17.3 Å². The molecule has 1 aromatic rings. The van der Waals surface area contributed by atoms with E-state index in [1.165, 1.54) is 14.0 Å². The summed E-state index contributed by atoms with van der Waals surface area (Å²) in [5.41, 5.74) is -3.63. The molecule has 5 aliphatic carbocycles. The molecule has 1 amide bonds. The lowest BCUT2D eigenvalue weighted by Crippen LogP contribution is -2.77. The molecule has 1 saturated heterocycles. The van der Waals surface area contributed by atoms with Crippen LogP contribution in [0.25, 0.3) is 0 Å². The predicted octanol–water partition coefficient (Wildman–Crippen LogP) is 1.84. The number of ether oxygens (including phenoxy) is 6. The maximum Gasteiger partial charge on any atom is 0.338 e. The van der Waals surface area contributed by atoms with Crippen LogP contribution >= 0.6 is 0 Å². The third-order valence-corrected chi connectivity index (χ3v) is 12.7. The van der Waals surface area contributed by atoms with E-state index in [9.17, 15) is 19.5 Å². The molecule has 1 heterocycles. The van der Waals surface area contributed by atoms with Crippen LogP contribution in [0.5, 0.6) is 0 Å². The number of nitrogens with zero attached hydrogens (tertiary/aromatic N) is 1. The van der Waals surface area contributed by atoms with Gasteiger partial charge in [-0.2, -0.15) is 0 Å². The van der Waals surface area contributed by atoms with Gasteiger partial charge in [-0.25, -0.2) is 4.79 Å². The molecule has 13 atom stereocenters. The number of benzene rings is 1. The van der Waals surface area contributed by atoms with E-state index in [1.54, 1.807) is 45.6 Å². The molecule has 7 rings (SSSR count). The molecule has 7 bridgehead atoms. The highest BCUT2D eigenvalue weighted by atomic mass is 16.6. The molecule has 11 heteroatoms. The van der Waals surface area contributed by atoms with Crippen molar-refractivity contribution in [2.24, 2.45) is 34.5 Å². The van der Waals surface area contributed by atoms with Gasteiger partial charge in [0.2, 0.25) is 6.41 Å². The van der Waals surface area contributed by atoms with Gasteiger partial charge in [-0.05, 0) is 37.3 Å². The van der Waals surface area contributed by atoms with E-state index in [4.69, 9.17) is 28.4 Å². The number of rotatable bonds is 9. The fourth-order valence-corrected chi connectivity index (χ4v) is 12.0. The lowest BCUT2D eigenvalue weighted by Gasteiger charge is -2.68. The standard InChI is InChI=1S/C33H43NO10/c1-18(36)44-32-14-22(41-4)31(38)13-20(23(32)28(31)43-29(37)19-9-7-6-8-10-19)33-21(40-3)11-12-30(16-39-2)15-34(17-35)27(33)24(32)25(42-5)26(30)33/h6-10,17,20-28,38H,11-16H2,1-5H3/t20-,21?,22?,23-,24+,25?,26-,27-,28?,30+,31+,32-,33+/m1/s1. The number of carbonyl (C=O) groups is 3. The zero-order valence-electron chi connectivity index (χ0n) is 26.0. The van der Waals surface area contributed by atoms with Crippen molar-refractivity contribution < 1.29 is 47.9 Å². The summed E-state index contributed by atoms with van der Waals surface area (Å²) in [7, 11) is 6.58. The summed E-state index contributed by atoms with van der Waals surface area (Å²) in [4.78, 5) is 41.7. The number of esters is 2. The molecule has 5 saturated carbocycles. The van der Waals surface area contributed by atoms with Crippen molar-refractivity contribution in [3.05, 3.63) is 35.9 Å². The van der Waals surface area contributed by atoms with Gasteiger partial charge in [0, 0.05) is 83.0 Å². The number of likely N-dealkylation sites (tertiary alicyclic amines) is 1. The molecule has 44 heavy (non-hydrogen) atoms. The Hall–Kier alpha value is -2.57. The number of methoxy groups -OCH3 is 4. The molecular weight excluding hydrogens is 570 g/mol. The van der Waals surface area contributed by atoms with E-state index in [-0.39, 0.29) is 30.8 Å². The number of piperidine rings is 1. The zero-order valence-corrected chi connectivity index (χ0v) is 26.0. The molecule has 1 aliphatic heterocycles. The third kappa shape index (κ3) is 3.48. The normalized spacial score (nSPS) is 47.7. The highest BCUT2D eigenvalue weighted by molar-refractivity contribution is 5.89. The smallest absolute Gasteiger partial charge is 0.338 e. The molecule has 0 radical (unpaired) electrons. The van der Waals surface area contributed by atoms with Crippen molar-refractivity contribution >= 4 is 18.3 Å². The fourth-order valence-electron chi connectivity index (χ4n) is 12.0. The molecule has 1 N–H and O–H groups in total. The van der Waals surface area contributed by atoms with Crippen LogP contribution in [0.2, 0.25) is 0 Å². The second kappa shape index (κ2) is 10.2. The van der Waals surface area contributed by atoms with Crippen molar-refractivity contribution in [1.82, 2.24) is 4.90 Å². The van der Waals surface area contributed by atoms with Gasteiger partial charge < -0.3 is 38.4 Å². The maximum atomic E-state index is 13.7. The lowest BCUT2D eigenvalue weighted by molar-refractivity contribution is -0.283. The monoisotopic (exact) mass is 613 g/mol. The second-order valence-corrected chi connectivity index (χ2v) is 14.0. The SMILES string of the molecule is COC[C@@]12CCC(OC)[C@@]34[C@@H]5C[C@]6(O)C(OC)C[C@@](OC(C)=O)([C@H]5C6OC(=O)c5ccccc5)[C@@H](C(OC)[C@H]13)[C@H]4N(C=O)C2. The van der Waals surface area contributed by atoms with Gasteiger partial charge in [0.15, 0.2) is 0 Å². The average molecular weight is 614 g/mol. The number of hydrogen-bond donors (Lipinski definition) is 1. The highest BCUT2D eigenvalue weighted by Crippen LogP contribution is 2.80. The van der Waals surface area contributed by atoms with Crippen molar-refractivity contribution in [3.63, 3.8) is 0 Å². The summed E-state index contributed by atoms with van der Waals surface area (Å²) >= 11 is 0. The molecule has 6 aliphatic rings. The maximum absolute atomic E-state index is 13.7. The van der Waals surface area contributed by atoms with Crippen LogP contribution in [0.4, 0.5) is 0 Å². The number of fused-ring (bicyclic) bond motifs is 2. The first-order chi connectivity index (χ1) is 21.1. The Morgan fingerprint density at radius 3 is 2.36 bits per heavy atom. The third-order valence-electron chi connectivity index (χ3n) is 12.7. The van der Waals surface area contributed by atoms with Crippen molar-refractivity contribution in [2.45, 2.75) is 74.3 Å². The molecule has 11 nitrogen and oxygen atoms in total. The Morgan fingerprint density at radius 2 is 1.75 bits per heavy atom. The van der Waals surface area contributed by atoms with Crippen LogP contribution in [0, 0.1) is 34.5 Å². The Kier molecular flexibility index (Phi) is 6.99. The van der Waals surface area contributed by atoms with Crippen LogP contribution in [-0.2, 0) is 38.0 Å². The molecule has 1 aromatic carbocycles. The largest absolute Gasteiger partial charge is 0.458 e. The van der Waals surface area contributed by atoms with Gasteiger partial charge in [0.05, 0.1) is 30.5 Å². The average Bonchev–Trinajstić information content (AvgIpc) is 3.39. The molecule has 1 spiro atoms. The van der Waals surface area contributed by atoms with Crippen molar-refractivity contribution in [3.8, 4) is 0 Å². The van der Waals surface area contributed by atoms with E-state index < -0.39 is 70.2 Å². The molecule has 4 unspecified atom stereocenters. The first-order valence-electron chi connectivity index (χ1n) is 15.6. The quantitative estimate of drug-likeness (QED) is 0.325. The Bertz CT molecular complexity index is 1330. The van der Waals surface area contributed by atoms with Crippen LogP contribution in [0.15, 0.2) is 30.3 Å². The van der Waals surface area contributed by atoms with Crippen LogP contribution in [0.1, 0.15) is 43.0 Å². The second-order valence-electron chi connectivity index (χ2n) is 14.0. The molecule has 6 fully saturated rings. The Balaban J connectivity index is 1.50. The minimum Gasteiger partial charge on any atom is -0.458 e. The molecular formula is C33H43NO10. The Labute approximate surface area is 257 Å². The highest BCUT2D eigenvalue weighted by Gasteiger charge is 2.90. The van der Waals surface area contributed by atoms with Gasteiger partial charge >= 0.3 is 11.9 Å². The van der Waals surface area contributed by atoms with E-state index in [2.05, 4.69) is 0 Å². The van der Waals surface area contributed by atoms with Crippen LogP contribution in [-0.4, -0.2) is 112 Å². The van der Waals surface area contributed by atoms with Crippen LogP contribution in [0.3, 0.4) is 0 Å². The summed E-state index contributed by atoms with van der Waals surface area (Å²) in [6.45, 7) is 2.26. The fraction of sp³-hybridized carbons (Fsp3) is 0.727. The van der Waals surface area contributed by atoms with Gasteiger partial charge in [-0.1, -0.05) is 18.2 Å².